The molecule has 3 heterocycles. The van der Waals surface area contributed by atoms with E-state index < -0.39 is 0 Å². The fraction of sp³-hybridized carbons (Fsp3) is 0.140. The van der Waals surface area contributed by atoms with Crippen molar-refractivity contribution < 1.29 is 4.42 Å². The van der Waals surface area contributed by atoms with Crippen molar-refractivity contribution in [2.24, 2.45) is 0 Å². The van der Waals surface area contributed by atoms with Crippen LogP contribution >= 0.6 is 0 Å². The molecule has 8 aromatic carbocycles. The molecule has 0 radical (unpaired) electrons. The van der Waals surface area contributed by atoms with Gasteiger partial charge in [-0.2, -0.15) is 0 Å². The van der Waals surface area contributed by atoms with E-state index in [4.69, 9.17) is 9.40 Å². The molecule has 12 rings (SSSR count). The lowest BCUT2D eigenvalue weighted by Gasteiger charge is -2.42. The quantitative estimate of drug-likeness (QED) is 0.170. The Bertz CT molecular complexity index is 3400. The molecule has 1 aliphatic carbocycles. The fourth-order valence-corrected chi connectivity index (χ4v) is 10.5. The van der Waals surface area contributed by atoms with Crippen LogP contribution in [0, 0.1) is 0 Å². The number of aromatic nitrogens is 2. The first-order valence-electron chi connectivity index (χ1n) is 22.0. The molecule has 0 amide bonds. The Kier molecular flexibility index (Phi) is 8.12. The van der Waals surface area contributed by atoms with Crippen molar-refractivity contribution in [3.8, 4) is 50.5 Å². The maximum atomic E-state index is 6.53. The van der Waals surface area contributed by atoms with Crippen molar-refractivity contribution in [3.63, 3.8) is 0 Å². The number of nitrogens with zero attached hydrogens (tertiary/aromatic N) is 2. The third kappa shape index (κ3) is 5.79. The van der Waals surface area contributed by atoms with Gasteiger partial charge in [0.05, 0.1) is 5.52 Å². The highest BCUT2D eigenvalue weighted by molar-refractivity contribution is 6.74. The minimum atomic E-state index is 0.111. The van der Waals surface area contributed by atoms with E-state index in [0.717, 1.165) is 41.0 Å². The Hall–Kier alpha value is -7.11. The summed E-state index contributed by atoms with van der Waals surface area (Å²) >= 11 is 0. The Balaban J connectivity index is 1.12. The van der Waals surface area contributed by atoms with E-state index in [1.807, 2.05) is 18.2 Å². The molecular formula is C57H46BN3O. The highest BCUT2D eigenvalue weighted by Gasteiger charge is 2.37. The molecule has 0 fully saturated rings. The second kappa shape index (κ2) is 13.7. The molecule has 10 aromatic rings. The average Bonchev–Trinajstić information content (AvgIpc) is 3.88. The highest BCUT2D eigenvalue weighted by Crippen LogP contribution is 2.48. The van der Waals surface area contributed by atoms with Crippen molar-refractivity contribution in [3.05, 3.63) is 181 Å². The van der Waals surface area contributed by atoms with Crippen LogP contribution in [0.3, 0.4) is 0 Å². The summed E-state index contributed by atoms with van der Waals surface area (Å²) in [6.07, 6.45) is 2.37. The topological polar surface area (TPSA) is 43.0 Å². The molecule has 0 bridgehead atoms. The van der Waals surface area contributed by atoms with Gasteiger partial charge in [-0.3, -0.25) is 0 Å². The summed E-state index contributed by atoms with van der Waals surface area (Å²) in [4.78, 5) is 5.07. The number of nitrogens with one attached hydrogen (secondary N) is 1. The lowest BCUT2D eigenvalue weighted by Crippen LogP contribution is -2.37. The van der Waals surface area contributed by atoms with Gasteiger partial charge in [-0.05, 0) is 129 Å². The first-order valence-corrected chi connectivity index (χ1v) is 22.0. The Morgan fingerprint density at radius 2 is 1.26 bits per heavy atom. The summed E-state index contributed by atoms with van der Waals surface area (Å²) < 4.78 is 9.05. The summed E-state index contributed by atoms with van der Waals surface area (Å²) in [5.41, 5.74) is 21.3. The molecule has 62 heavy (non-hydrogen) atoms. The lowest BCUT2D eigenvalue weighted by atomic mass is 9.58. The molecule has 2 aliphatic rings. The van der Waals surface area contributed by atoms with Crippen LogP contribution in [0.25, 0.3) is 83.4 Å². The van der Waals surface area contributed by atoms with Gasteiger partial charge in [-0.15, -0.1) is 0 Å². The molecule has 1 aliphatic heterocycles. The maximum absolute atomic E-state index is 6.53. The van der Waals surface area contributed by atoms with Gasteiger partial charge >= 0.3 is 0 Å². The van der Waals surface area contributed by atoms with Gasteiger partial charge in [-0.25, -0.2) is 4.98 Å². The van der Waals surface area contributed by atoms with Gasteiger partial charge in [0, 0.05) is 44.5 Å². The average molecular weight is 800 g/mol. The van der Waals surface area contributed by atoms with Crippen LogP contribution < -0.4 is 16.2 Å². The SMILES string of the molecule is CC1(C)CCC(C)(C)c2cc(Nc3ccccc3-c3cc(-c4ccccc4)c4c5cc(-c6ccccc6)ccc5n5c4c3Bc3cc4oc(-c6ccccc6)nc4cc3-5)ccc21. The van der Waals surface area contributed by atoms with Crippen LogP contribution in [-0.4, -0.2) is 16.8 Å². The van der Waals surface area contributed by atoms with Crippen LogP contribution in [-0.2, 0) is 10.8 Å². The maximum Gasteiger partial charge on any atom is 0.227 e. The van der Waals surface area contributed by atoms with Crippen LogP contribution in [0.1, 0.15) is 51.7 Å². The van der Waals surface area contributed by atoms with Crippen LogP contribution in [0.5, 0.6) is 0 Å². The summed E-state index contributed by atoms with van der Waals surface area (Å²) in [6, 6.07) is 61.8. The minimum Gasteiger partial charge on any atom is -0.436 e. The van der Waals surface area contributed by atoms with Gasteiger partial charge in [0.1, 0.15) is 5.52 Å². The Morgan fingerprint density at radius 3 is 2.02 bits per heavy atom. The van der Waals surface area contributed by atoms with Crippen LogP contribution in [0.15, 0.2) is 174 Å². The summed E-state index contributed by atoms with van der Waals surface area (Å²) in [7, 11) is 0.742. The summed E-state index contributed by atoms with van der Waals surface area (Å²) in [5, 5.41) is 6.46. The molecule has 0 unspecified atom stereocenters. The van der Waals surface area contributed by atoms with Gasteiger partial charge in [0.2, 0.25) is 5.89 Å². The van der Waals surface area contributed by atoms with E-state index in [9.17, 15) is 0 Å². The first kappa shape index (κ1) is 36.7. The number of para-hydroxylation sites is 1. The molecule has 298 valence electrons. The summed E-state index contributed by atoms with van der Waals surface area (Å²) in [5.74, 6) is 0.636. The molecule has 5 heteroatoms. The normalized spacial score (nSPS) is 14.7. The van der Waals surface area contributed by atoms with Gasteiger partial charge in [0.15, 0.2) is 12.9 Å². The molecule has 0 spiro atoms. The predicted molar refractivity (Wildman–Crippen MR) is 262 cm³/mol. The zero-order chi connectivity index (χ0) is 41.7. The van der Waals surface area contributed by atoms with Crippen molar-refractivity contribution in [1.82, 2.24) is 9.55 Å². The number of rotatable bonds is 6. The second-order valence-corrected chi connectivity index (χ2v) is 18.7. The molecular weight excluding hydrogens is 753 g/mol. The standard InChI is InChI=1S/C57H46BN3O/c1-56(2)28-29-57(3,4)45-31-39(25-26-44(45)56)59-47-23-15-14-22-40(47)42-32-41(36-18-10-6-11-19-36)52-43-30-38(35-16-8-5-9-17-35)24-27-49(43)61-50-34-48-51(33-46(50)58-53(42)54(52)61)62-55(60-48)37-20-12-7-13-21-37/h5-27,30-34,58-59H,28-29H2,1-4H3. The van der Waals surface area contributed by atoms with E-state index in [1.165, 1.54) is 90.1 Å². The van der Waals surface area contributed by atoms with Crippen LogP contribution in [0.2, 0.25) is 0 Å². The predicted octanol–water partition coefficient (Wildman–Crippen LogP) is 13.4. The fourth-order valence-electron chi connectivity index (χ4n) is 10.5. The Morgan fingerprint density at radius 1 is 0.581 bits per heavy atom. The molecule has 0 saturated carbocycles. The number of hydrogen-bond donors (Lipinski definition) is 1. The number of anilines is 2. The Labute approximate surface area is 363 Å². The first-order chi connectivity index (χ1) is 30.2. The van der Waals surface area contributed by atoms with E-state index in [1.54, 1.807) is 0 Å². The number of benzene rings is 8. The number of oxazole rings is 1. The zero-order valence-electron chi connectivity index (χ0n) is 35.6. The van der Waals surface area contributed by atoms with Gasteiger partial charge < -0.3 is 14.3 Å². The van der Waals surface area contributed by atoms with E-state index in [-0.39, 0.29) is 10.8 Å². The smallest absolute Gasteiger partial charge is 0.227 e. The van der Waals surface area contributed by atoms with Crippen molar-refractivity contribution >= 4 is 62.5 Å². The molecule has 1 N–H and O–H groups in total. The molecule has 0 atom stereocenters. The molecule has 0 saturated heterocycles. The van der Waals surface area contributed by atoms with Crippen molar-refractivity contribution in [1.29, 1.82) is 0 Å². The van der Waals surface area contributed by atoms with E-state index >= 15 is 0 Å². The monoisotopic (exact) mass is 799 g/mol. The highest BCUT2D eigenvalue weighted by atomic mass is 16.3. The summed E-state index contributed by atoms with van der Waals surface area (Å²) in [6.45, 7) is 9.59. The molecule has 4 nitrogen and oxygen atoms in total. The van der Waals surface area contributed by atoms with Gasteiger partial charge in [-0.1, -0.05) is 142 Å². The third-order valence-corrected chi connectivity index (χ3v) is 13.9. The number of fused-ring (bicyclic) bond motifs is 7. The van der Waals surface area contributed by atoms with Crippen molar-refractivity contribution in [2.45, 2.75) is 51.4 Å². The van der Waals surface area contributed by atoms with Crippen molar-refractivity contribution in [2.75, 3.05) is 5.32 Å². The van der Waals surface area contributed by atoms with E-state index in [0.29, 0.717) is 5.89 Å². The largest absolute Gasteiger partial charge is 0.436 e. The number of hydrogen-bond acceptors (Lipinski definition) is 3. The minimum absolute atomic E-state index is 0.111. The second-order valence-electron chi connectivity index (χ2n) is 18.7. The van der Waals surface area contributed by atoms with E-state index in [2.05, 4.69) is 189 Å². The van der Waals surface area contributed by atoms with Crippen LogP contribution in [0.4, 0.5) is 11.4 Å². The third-order valence-electron chi connectivity index (χ3n) is 13.9. The zero-order valence-corrected chi connectivity index (χ0v) is 35.6. The van der Waals surface area contributed by atoms with Gasteiger partial charge in [0.25, 0.3) is 0 Å². The molecule has 2 aromatic heterocycles. The lowest BCUT2D eigenvalue weighted by molar-refractivity contribution is 0.332.